The average molecular weight is 366 g/mol. The van der Waals surface area contributed by atoms with Gasteiger partial charge in [-0.15, -0.1) is 0 Å². The molecule has 140 valence electrons. The minimum Gasteiger partial charge on any atom is -0.342 e. The van der Waals surface area contributed by atoms with Crippen molar-refractivity contribution in [3.05, 3.63) is 69.5 Å². The summed E-state index contributed by atoms with van der Waals surface area (Å²) in [4.78, 5) is 31.3. The number of aromatic nitrogens is 2. The van der Waals surface area contributed by atoms with Gasteiger partial charge in [0.25, 0.3) is 11.6 Å². The summed E-state index contributed by atoms with van der Waals surface area (Å²) in [6.45, 7) is 5.73. The fraction of sp³-hybridized carbons (Fsp3) is 0.300. The molecule has 1 heterocycles. The molecule has 0 saturated heterocycles. The maximum Gasteiger partial charge on any atom is 0.273 e. The Labute approximate surface area is 157 Å². The molecule has 2 aromatic carbocycles. The highest BCUT2D eigenvalue weighted by molar-refractivity contribution is 5.95. The number of hydrogen-bond acceptors (Lipinski definition) is 4. The molecule has 0 bridgehead atoms. The number of nitrogens with zero attached hydrogens (tertiary/aromatic N) is 2. The van der Waals surface area contributed by atoms with Crippen molar-refractivity contribution in [2.75, 3.05) is 0 Å². The molecule has 0 fully saturated rings. The van der Waals surface area contributed by atoms with Gasteiger partial charge in [-0.1, -0.05) is 38.5 Å². The maximum atomic E-state index is 12.8. The number of rotatable bonds is 6. The number of aryl methyl sites for hydroxylation is 1. The molecule has 2 unspecified atom stereocenters. The predicted molar refractivity (Wildman–Crippen MR) is 104 cm³/mol. The lowest BCUT2D eigenvalue weighted by Crippen LogP contribution is -2.33. The van der Waals surface area contributed by atoms with E-state index in [9.17, 15) is 14.9 Å². The van der Waals surface area contributed by atoms with Gasteiger partial charge < -0.3 is 10.3 Å². The van der Waals surface area contributed by atoms with Crippen molar-refractivity contribution in [1.29, 1.82) is 0 Å². The van der Waals surface area contributed by atoms with E-state index in [4.69, 9.17) is 0 Å². The first kappa shape index (κ1) is 18.6. The Bertz CT molecular complexity index is 963. The summed E-state index contributed by atoms with van der Waals surface area (Å²) < 4.78 is 0. The number of amides is 1. The molecule has 1 aromatic heterocycles. The summed E-state index contributed by atoms with van der Waals surface area (Å²) in [5.41, 5.74) is 2.46. The zero-order chi connectivity index (χ0) is 19.6. The van der Waals surface area contributed by atoms with Gasteiger partial charge in [0.05, 0.1) is 22.0 Å². The molecule has 3 aromatic rings. The lowest BCUT2D eigenvalue weighted by atomic mass is 9.98. The Balaban J connectivity index is 1.92. The monoisotopic (exact) mass is 366 g/mol. The largest absolute Gasteiger partial charge is 0.342 e. The van der Waals surface area contributed by atoms with Crippen LogP contribution in [-0.4, -0.2) is 20.8 Å². The minimum absolute atomic E-state index is 0.0634. The summed E-state index contributed by atoms with van der Waals surface area (Å²) >= 11 is 0. The van der Waals surface area contributed by atoms with Crippen molar-refractivity contribution in [2.24, 2.45) is 5.92 Å². The van der Waals surface area contributed by atoms with E-state index < -0.39 is 4.92 Å². The van der Waals surface area contributed by atoms with Gasteiger partial charge in [-0.05, 0) is 31.0 Å². The number of carbonyl (C=O) groups is 1. The summed E-state index contributed by atoms with van der Waals surface area (Å²) in [5.74, 6) is 0.458. The molecule has 0 radical (unpaired) electrons. The third-order valence-corrected chi connectivity index (χ3v) is 4.87. The van der Waals surface area contributed by atoms with E-state index in [0.29, 0.717) is 11.4 Å². The Hall–Kier alpha value is -3.22. The zero-order valence-electron chi connectivity index (χ0n) is 15.5. The first-order chi connectivity index (χ1) is 12.9. The Morgan fingerprint density at radius 2 is 2.04 bits per heavy atom. The van der Waals surface area contributed by atoms with E-state index in [2.05, 4.69) is 15.3 Å². The molecule has 0 aliphatic carbocycles. The number of nitro groups is 1. The van der Waals surface area contributed by atoms with Crippen LogP contribution in [0, 0.1) is 23.0 Å². The van der Waals surface area contributed by atoms with Crippen LogP contribution in [0.2, 0.25) is 0 Å². The number of nitro benzene ring substituents is 1. The molecule has 2 N–H and O–H groups in total. The first-order valence-corrected chi connectivity index (χ1v) is 8.91. The van der Waals surface area contributed by atoms with Crippen LogP contribution in [-0.2, 0) is 0 Å². The molecule has 1 amide bonds. The lowest BCUT2D eigenvalue weighted by Gasteiger charge is -2.22. The molecule has 27 heavy (non-hydrogen) atoms. The summed E-state index contributed by atoms with van der Waals surface area (Å²) in [6.07, 6.45) is 0.843. The van der Waals surface area contributed by atoms with Crippen molar-refractivity contribution in [1.82, 2.24) is 15.3 Å². The maximum absolute atomic E-state index is 12.8. The number of H-pyrrole nitrogens is 1. The topological polar surface area (TPSA) is 101 Å². The van der Waals surface area contributed by atoms with Crippen LogP contribution in [0.25, 0.3) is 11.0 Å². The van der Waals surface area contributed by atoms with Gasteiger partial charge in [-0.3, -0.25) is 14.9 Å². The van der Waals surface area contributed by atoms with E-state index in [1.54, 1.807) is 19.1 Å². The minimum atomic E-state index is -0.475. The van der Waals surface area contributed by atoms with Gasteiger partial charge in [0.15, 0.2) is 0 Å². The molecule has 2 atom stereocenters. The van der Waals surface area contributed by atoms with Crippen LogP contribution in [0.15, 0.2) is 42.5 Å². The van der Waals surface area contributed by atoms with Crippen LogP contribution in [0.3, 0.4) is 0 Å². The number of imidazole rings is 1. The van der Waals surface area contributed by atoms with Crippen molar-refractivity contribution in [2.45, 2.75) is 33.2 Å². The van der Waals surface area contributed by atoms with Crippen LogP contribution in [0.4, 0.5) is 5.69 Å². The van der Waals surface area contributed by atoms with E-state index in [1.807, 2.05) is 38.1 Å². The predicted octanol–water partition coefficient (Wildman–Crippen LogP) is 4.30. The molecule has 3 rings (SSSR count). The second kappa shape index (κ2) is 7.57. The van der Waals surface area contributed by atoms with Crippen molar-refractivity contribution in [3.8, 4) is 0 Å². The Morgan fingerprint density at radius 1 is 1.30 bits per heavy atom. The number of nitrogens with one attached hydrogen (secondary N) is 2. The van der Waals surface area contributed by atoms with E-state index in [-0.39, 0.29) is 29.1 Å². The molecular formula is C20H22N4O3. The number of para-hydroxylation sites is 2. The third-order valence-electron chi connectivity index (χ3n) is 4.87. The molecule has 0 aliphatic rings. The van der Waals surface area contributed by atoms with E-state index in [0.717, 1.165) is 17.5 Å². The summed E-state index contributed by atoms with van der Waals surface area (Å²) in [5, 5.41) is 14.1. The number of hydrogen-bond donors (Lipinski definition) is 2. The summed E-state index contributed by atoms with van der Waals surface area (Å²) in [7, 11) is 0. The Morgan fingerprint density at radius 3 is 2.70 bits per heavy atom. The quantitative estimate of drug-likeness (QED) is 0.502. The molecule has 0 saturated carbocycles. The molecule has 7 heteroatoms. The fourth-order valence-electron chi connectivity index (χ4n) is 3.01. The first-order valence-electron chi connectivity index (χ1n) is 8.91. The SMILES string of the molecule is CCC(C)C(NC(=O)c1ccc(C)c([N+](=O)[O-])c1)c1nc2ccccc2[nH]1. The second-order valence-electron chi connectivity index (χ2n) is 6.73. The average Bonchev–Trinajstić information content (AvgIpc) is 3.09. The van der Waals surface area contributed by atoms with Gasteiger partial charge in [-0.2, -0.15) is 0 Å². The summed E-state index contributed by atoms with van der Waals surface area (Å²) in [6, 6.07) is 11.9. The van der Waals surface area contributed by atoms with Crippen LogP contribution >= 0.6 is 0 Å². The number of benzene rings is 2. The fourth-order valence-corrected chi connectivity index (χ4v) is 3.01. The van der Waals surface area contributed by atoms with Gasteiger partial charge in [0.1, 0.15) is 5.82 Å². The van der Waals surface area contributed by atoms with Crippen LogP contribution < -0.4 is 5.32 Å². The molecule has 0 aliphatic heterocycles. The van der Waals surface area contributed by atoms with Crippen LogP contribution in [0.1, 0.15) is 48.1 Å². The second-order valence-corrected chi connectivity index (χ2v) is 6.73. The number of fused-ring (bicyclic) bond motifs is 1. The standard InChI is InChI=1S/C20H22N4O3/c1-4-12(2)18(19-21-15-7-5-6-8-16(15)22-19)23-20(25)14-10-9-13(3)17(11-14)24(26)27/h5-12,18H,4H2,1-3H3,(H,21,22)(H,23,25). The lowest BCUT2D eigenvalue weighted by molar-refractivity contribution is -0.385. The molecular weight excluding hydrogens is 344 g/mol. The van der Waals surface area contributed by atoms with Gasteiger partial charge in [0.2, 0.25) is 0 Å². The molecule has 0 spiro atoms. The van der Waals surface area contributed by atoms with E-state index >= 15 is 0 Å². The van der Waals surface area contributed by atoms with E-state index in [1.165, 1.54) is 6.07 Å². The van der Waals surface area contributed by atoms with Crippen molar-refractivity contribution < 1.29 is 9.72 Å². The van der Waals surface area contributed by atoms with Crippen molar-refractivity contribution in [3.63, 3.8) is 0 Å². The van der Waals surface area contributed by atoms with Crippen LogP contribution in [0.5, 0.6) is 0 Å². The van der Waals surface area contributed by atoms with Crippen molar-refractivity contribution >= 4 is 22.6 Å². The highest BCUT2D eigenvalue weighted by Crippen LogP contribution is 2.26. The highest BCUT2D eigenvalue weighted by atomic mass is 16.6. The third kappa shape index (κ3) is 3.81. The highest BCUT2D eigenvalue weighted by Gasteiger charge is 2.25. The number of carbonyl (C=O) groups excluding carboxylic acids is 1. The Kier molecular flexibility index (Phi) is 5.21. The smallest absolute Gasteiger partial charge is 0.273 e. The van der Waals surface area contributed by atoms with Gasteiger partial charge in [-0.25, -0.2) is 4.98 Å². The zero-order valence-corrected chi connectivity index (χ0v) is 15.5. The molecule has 7 nitrogen and oxygen atoms in total. The number of aromatic amines is 1. The normalized spacial score (nSPS) is 13.3. The van der Waals surface area contributed by atoms with Gasteiger partial charge >= 0.3 is 0 Å². The van der Waals surface area contributed by atoms with Gasteiger partial charge in [0, 0.05) is 17.2 Å².